The Morgan fingerprint density at radius 1 is 1.21 bits per heavy atom. The van der Waals surface area contributed by atoms with Crippen LogP contribution in [0.5, 0.6) is 5.75 Å². The van der Waals surface area contributed by atoms with E-state index in [1.165, 1.54) is 17.7 Å². The number of hydrogen-bond acceptors (Lipinski definition) is 4. The molecule has 1 aliphatic carbocycles. The van der Waals surface area contributed by atoms with Gasteiger partial charge in [0.05, 0.1) is 19.2 Å². The number of carbonyl (C=O) groups is 1. The number of amides is 1. The van der Waals surface area contributed by atoms with Crippen LogP contribution in [-0.4, -0.2) is 30.0 Å². The van der Waals surface area contributed by atoms with Crippen molar-refractivity contribution in [2.75, 3.05) is 13.2 Å². The number of fused-ring (bicyclic) bond motifs is 1. The van der Waals surface area contributed by atoms with Gasteiger partial charge in [-0.1, -0.05) is 24.3 Å². The minimum absolute atomic E-state index is 0.0604. The van der Waals surface area contributed by atoms with E-state index in [0.29, 0.717) is 19.2 Å². The van der Waals surface area contributed by atoms with Gasteiger partial charge >= 0.3 is 0 Å². The average Bonchev–Trinajstić information content (AvgIpc) is 3.32. The van der Waals surface area contributed by atoms with E-state index in [2.05, 4.69) is 27.7 Å². The van der Waals surface area contributed by atoms with Gasteiger partial charge in [-0.2, -0.15) is 0 Å². The van der Waals surface area contributed by atoms with E-state index < -0.39 is 0 Å². The van der Waals surface area contributed by atoms with Crippen molar-refractivity contribution in [3.63, 3.8) is 0 Å². The van der Waals surface area contributed by atoms with Crippen molar-refractivity contribution in [3.05, 3.63) is 52.2 Å². The smallest absolute Gasteiger partial charge is 0.234 e. The first kappa shape index (κ1) is 15.7. The lowest BCUT2D eigenvalue weighted by molar-refractivity contribution is -0.123. The third-order valence-electron chi connectivity index (χ3n) is 4.64. The fraction of sp³-hybridized carbons (Fsp3) is 0.421. The second-order valence-corrected chi connectivity index (χ2v) is 7.54. The molecule has 4 rings (SSSR count). The maximum Gasteiger partial charge on any atom is 0.234 e. The first-order chi connectivity index (χ1) is 11.8. The van der Waals surface area contributed by atoms with Gasteiger partial charge in [-0.25, -0.2) is 0 Å². The summed E-state index contributed by atoms with van der Waals surface area (Å²) in [4.78, 5) is 16.2. The lowest BCUT2D eigenvalue weighted by Crippen LogP contribution is -2.40. The van der Waals surface area contributed by atoms with Crippen LogP contribution < -0.4 is 10.1 Å². The third kappa shape index (κ3) is 3.62. The molecule has 1 atom stereocenters. The Balaban J connectivity index is 1.39. The Hall–Kier alpha value is -1.85. The number of rotatable bonds is 6. The minimum atomic E-state index is 0.0604. The van der Waals surface area contributed by atoms with Crippen LogP contribution in [0.4, 0.5) is 0 Å². The summed E-state index contributed by atoms with van der Waals surface area (Å²) in [5.41, 5.74) is 1.09. The van der Waals surface area contributed by atoms with E-state index in [9.17, 15) is 4.79 Å². The van der Waals surface area contributed by atoms with Crippen molar-refractivity contribution >= 4 is 17.2 Å². The highest BCUT2D eigenvalue weighted by Crippen LogP contribution is 2.32. The van der Waals surface area contributed by atoms with Gasteiger partial charge in [-0.05, 0) is 30.4 Å². The molecule has 4 nitrogen and oxygen atoms in total. The molecule has 2 heterocycles. The molecule has 0 radical (unpaired) electrons. The highest BCUT2D eigenvalue weighted by Gasteiger charge is 2.31. The van der Waals surface area contributed by atoms with E-state index >= 15 is 0 Å². The molecule has 1 aliphatic heterocycles. The van der Waals surface area contributed by atoms with Crippen LogP contribution in [0, 0.1) is 0 Å². The quantitative estimate of drug-likeness (QED) is 0.875. The summed E-state index contributed by atoms with van der Waals surface area (Å²) >= 11 is 1.76. The summed E-state index contributed by atoms with van der Waals surface area (Å²) in [7, 11) is 0. The number of para-hydroxylation sites is 1. The molecule has 1 saturated carbocycles. The largest absolute Gasteiger partial charge is 0.493 e. The van der Waals surface area contributed by atoms with Gasteiger partial charge < -0.3 is 10.1 Å². The summed E-state index contributed by atoms with van der Waals surface area (Å²) in [6.45, 7) is 2.01. The number of hydrogen-bond donors (Lipinski definition) is 1. The fourth-order valence-electron chi connectivity index (χ4n) is 3.27. The van der Waals surface area contributed by atoms with Crippen molar-refractivity contribution in [2.24, 2.45) is 0 Å². The zero-order valence-electron chi connectivity index (χ0n) is 13.6. The normalized spacial score (nSPS) is 19.6. The number of nitrogens with zero attached hydrogens (tertiary/aromatic N) is 1. The molecule has 5 heteroatoms. The lowest BCUT2D eigenvalue weighted by Gasteiger charge is -2.28. The van der Waals surface area contributed by atoms with Crippen LogP contribution in [0.25, 0.3) is 0 Å². The number of thiophene rings is 1. The predicted molar refractivity (Wildman–Crippen MR) is 95.2 cm³/mol. The van der Waals surface area contributed by atoms with E-state index in [0.717, 1.165) is 24.3 Å². The zero-order chi connectivity index (χ0) is 16.4. The Morgan fingerprint density at radius 3 is 2.88 bits per heavy atom. The van der Waals surface area contributed by atoms with Gasteiger partial charge in [-0.3, -0.25) is 9.69 Å². The third-order valence-corrected chi connectivity index (χ3v) is 5.50. The molecule has 0 bridgehead atoms. The molecule has 1 amide bonds. The molecular weight excluding hydrogens is 320 g/mol. The maximum atomic E-state index is 12.6. The topological polar surface area (TPSA) is 41.6 Å². The summed E-state index contributed by atoms with van der Waals surface area (Å²) in [6.07, 6.45) is 3.24. The molecule has 1 aromatic carbocycles. The first-order valence-electron chi connectivity index (χ1n) is 8.57. The molecule has 0 saturated heterocycles. The monoisotopic (exact) mass is 342 g/mol. The maximum absolute atomic E-state index is 12.6. The SMILES string of the molecule is O=C(CN(Cc1cccs1)C1CC1)NC1CCOc2ccccc21. The molecule has 1 N–H and O–H groups in total. The molecule has 1 aromatic heterocycles. The Kier molecular flexibility index (Phi) is 4.54. The van der Waals surface area contributed by atoms with Crippen LogP contribution in [0.1, 0.15) is 35.7 Å². The van der Waals surface area contributed by atoms with Gasteiger partial charge in [0.1, 0.15) is 5.75 Å². The van der Waals surface area contributed by atoms with Crippen molar-refractivity contribution in [1.29, 1.82) is 0 Å². The fourth-order valence-corrected chi connectivity index (χ4v) is 4.00. The van der Waals surface area contributed by atoms with E-state index in [4.69, 9.17) is 4.74 Å². The highest BCUT2D eigenvalue weighted by molar-refractivity contribution is 7.09. The molecular formula is C19H22N2O2S. The average molecular weight is 342 g/mol. The minimum Gasteiger partial charge on any atom is -0.493 e. The Morgan fingerprint density at radius 2 is 2.08 bits per heavy atom. The van der Waals surface area contributed by atoms with Gasteiger partial charge in [0.25, 0.3) is 0 Å². The second kappa shape index (κ2) is 6.95. The van der Waals surface area contributed by atoms with Crippen LogP contribution in [-0.2, 0) is 11.3 Å². The van der Waals surface area contributed by atoms with Crippen LogP contribution in [0.15, 0.2) is 41.8 Å². The zero-order valence-corrected chi connectivity index (χ0v) is 14.4. The van der Waals surface area contributed by atoms with Crippen LogP contribution >= 0.6 is 11.3 Å². The lowest BCUT2D eigenvalue weighted by atomic mass is 10.0. The Labute approximate surface area is 146 Å². The standard InChI is InChI=1S/C19H22N2O2S/c22-19(13-21(14-7-8-14)12-15-4-3-11-24-15)20-17-9-10-23-18-6-2-1-5-16(17)18/h1-6,11,14,17H,7-10,12-13H2,(H,20,22). The van der Waals surface area contributed by atoms with E-state index in [1.807, 2.05) is 24.3 Å². The van der Waals surface area contributed by atoms with Gasteiger partial charge in [-0.15, -0.1) is 11.3 Å². The van der Waals surface area contributed by atoms with Gasteiger partial charge in [0.2, 0.25) is 5.91 Å². The van der Waals surface area contributed by atoms with Crippen LogP contribution in [0.3, 0.4) is 0 Å². The van der Waals surface area contributed by atoms with Gasteiger partial charge in [0.15, 0.2) is 0 Å². The van der Waals surface area contributed by atoms with E-state index in [1.54, 1.807) is 11.3 Å². The van der Waals surface area contributed by atoms with Crippen molar-refractivity contribution < 1.29 is 9.53 Å². The molecule has 0 spiro atoms. The molecule has 2 aromatic rings. The summed E-state index contributed by atoms with van der Waals surface area (Å²) in [5.74, 6) is 1.01. The first-order valence-corrected chi connectivity index (χ1v) is 9.45. The number of carbonyl (C=O) groups excluding carboxylic acids is 1. The summed E-state index contributed by atoms with van der Waals surface area (Å²) in [5, 5.41) is 5.31. The highest BCUT2D eigenvalue weighted by atomic mass is 32.1. The molecule has 1 fully saturated rings. The molecule has 126 valence electrons. The van der Waals surface area contributed by atoms with Crippen molar-refractivity contribution in [1.82, 2.24) is 10.2 Å². The van der Waals surface area contributed by atoms with Crippen LogP contribution in [0.2, 0.25) is 0 Å². The second-order valence-electron chi connectivity index (χ2n) is 6.51. The summed E-state index contributed by atoms with van der Waals surface area (Å²) in [6, 6.07) is 12.8. The molecule has 1 unspecified atom stereocenters. The Bertz CT molecular complexity index is 697. The number of ether oxygens (including phenoxy) is 1. The summed E-state index contributed by atoms with van der Waals surface area (Å²) < 4.78 is 5.67. The van der Waals surface area contributed by atoms with Crippen molar-refractivity contribution in [2.45, 2.75) is 37.9 Å². The number of benzene rings is 1. The van der Waals surface area contributed by atoms with E-state index in [-0.39, 0.29) is 11.9 Å². The predicted octanol–water partition coefficient (Wildman–Crippen LogP) is 3.35. The molecule has 24 heavy (non-hydrogen) atoms. The molecule has 2 aliphatic rings. The van der Waals surface area contributed by atoms with Crippen molar-refractivity contribution in [3.8, 4) is 5.75 Å². The number of nitrogens with one attached hydrogen (secondary N) is 1. The van der Waals surface area contributed by atoms with Gasteiger partial charge in [0, 0.05) is 29.4 Å².